The predicted octanol–water partition coefficient (Wildman–Crippen LogP) is 3.28. The molecule has 0 bridgehead atoms. The number of rotatable bonds is 3. The van der Waals surface area contributed by atoms with E-state index in [-0.39, 0.29) is 17.2 Å². The van der Waals surface area contributed by atoms with Gasteiger partial charge in [-0.15, -0.1) is 0 Å². The van der Waals surface area contributed by atoms with Crippen molar-refractivity contribution < 1.29 is 9.90 Å². The Morgan fingerprint density at radius 3 is 2.58 bits per heavy atom. The maximum atomic E-state index is 12.0. The van der Waals surface area contributed by atoms with Crippen LogP contribution in [0.2, 0.25) is 5.02 Å². The standard InChI is InChI=1S/C15H14ClNO2/c1-10-2-7-14(18)13(8-10)15(19)17-9-11-3-5-12(16)6-4-11/h2-8,18H,9H2,1H3,(H,17,19). The lowest BCUT2D eigenvalue weighted by Crippen LogP contribution is -2.22. The van der Waals surface area contributed by atoms with Gasteiger partial charge in [-0.25, -0.2) is 0 Å². The summed E-state index contributed by atoms with van der Waals surface area (Å²) in [5.41, 5.74) is 2.16. The first kappa shape index (κ1) is 13.4. The molecule has 3 nitrogen and oxygen atoms in total. The predicted molar refractivity (Wildman–Crippen MR) is 75.5 cm³/mol. The average molecular weight is 276 g/mol. The number of phenols is 1. The fourth-order valence-corrected chi connectivity index (χ4v) is 1.84. The molecular formula is C15H14ClNO2. The Morgan fingerprint density at radius 2 is 1.89 bits per heavy atom. The molecule has 19 heavy (non-hydrogen) atoms. The molecule has 2 N–H and O–H groups in total. The maximum absolute atomic E-state index is 12.0. The first-order valence-electron chi connectivity index (χ1n) is 5.88. The lowest BCUT2D eigenvalue weighted by atomic mass is 10.1. The number of aryl methyl sites for hydroxylation is 1. The van der Waals surface area contributed by atoms with Gasteiger partial charge in [0.25, 0.3) is 5.91 Å². The van der Waals surface area contributed by atoms with Crippen LogP contribution in [0.25, 0.3) is 0 Å². The minimum atomic E-state index is -0.295. The minimum absolute atomic E-state index is 0.0146. The highest BCUT2D eigenvalue weighted by atomic mass is 35.5. The Hall–Kier alpha value is -2.00. The zero-order chi connectivity index (χ0) is 13.8. The molecular weight excluding hydrogens is 262 g/mol. The van der Waals surface area contributed by atoms with Gasteiger partial charge >= 0.3 is 0 Å². The molecule has 0 aromatic heterocycles. The molecule has 0 aliphatic carbocycles. The zero-order valence-corrected chi connectivity index (χ0v) is 11.2. The molecule has 0 atom stereocenters. The lowest BCUT2D eigenvalue weighted by Gasteiger charge is -2.08. The van der Waals surface area contributed by atoms with Gasteiger partial charge < -0.3 is 10.4 Å². The van der Waals surface area contributed by atoms with Gasteiger partial charge in [0.2, 0.25) is 0 Å². The lowest BCUT2D eigenvalue weighted by molar-refractivity contribution is 0.0948. The number of halogens is 1. The summed E-state index contributed by atoms with van der Waals surface area (Å²) in [4.78, 5) is 12.0. The molecule has 0 unspecified atom stereocenters. The van der Waals surface area contributed by atoms with Crippen molar-refractivity contribution in [2.45, 2.75) is 13.5 Å². The normalized spacial score (nSPS) is 10.2. The molecule has 0 spiro atoms. The van der Waals surface area contributed by atoms with Crippen LogP contribution in [0.4, 0.5) is 0 Å². The third-order valence-electron chi connectivity index (χ3n) is 2.76. The fraction of sp³-hybridized carbons (Fsp3) is 0.133. The van der Waals surface area contributed by atoms with Gasteiger partial charge in [0.1, 0.15) is 5.75 Å². The van der Waals surface area contributed by atoms with E-state index in [4.69, 9.17) is 11.6 Å². The van der Waals surface area contributed by atoms with Gasteiger partial charge in [-0.1, -0.05) is 35.4 Å². The molecule has 0 saturated heterocycles. The van der Waals surface area contributed by atoms with E-state index in [0.717, 1.165) is 11.1 Å². The SMILES string of the molecule is Cc1ccc(O)c(C(=O)NCc2ccc(Cl)cc2)c1. The number of carbonyl (C=O) groups excluding carboxylic acids is 1. The van der Waals surface area contributed by atoms with E-state index in [1.807, 2.05) is 19.1 Å². The Labute approximate surface area is 116 Å². The second-order valence-electron chi connectivity index (χ2n) is 4.33. The van der Waals surface area contributed by atoms with E-state index in [9.17, 15) is 9.90 Å². The molecule has 0 aliphatic heterocycles. The van der Waals surface area contributed by atoms with E-state index in [2.05, 4.69) is 5.32 Å². The third-order valence-corrected chi connectivity index (χ3v) is 3.01. The van der Waals surface area contributed by atoms with Crippen molar-refractivity contribution in [2.75, 3.05) is 0 Å². The Bertz CT molecular complexity index is 594. The van der Waals surface area contributed by atoms with Gasteiger partial charge in [0.15, 0.2) is 0 Å². The molecule has 0 saturated carbocycles. The maximum Gasteiger partial charge on any atom is 0.255 e. The second kappa shape index (κ2) is 5.76. The molecule has 2 rings (SSSR count). The van der Waals surface area contributed by atoms with E-state index in [1.54, 1.807) is 24.3 Å². The van der Waals surface area contributed by atoms with Gasteiger partial charge in [-0.3, -0.25) is 4.79 Å². The molecule has 0 fully saturated rings. The Kier molecular flexibility index (Phi) is 4.07. The van der Waals surface area contributed by atoms with E-state index in [0.29, 0.717) is 11.6 Å². The molecule has 4 heteroatoms. The van der Waals surface area contributed by atoms with Gasteiger partial charge in [-0.05, 0) is 36.8 Å². The topological polar surface area (TPSA) is 49.3 Å². The highest BCUT2D eigenvalue weighted by molar-refractivity contribution is 6.30. The summed E-state index contributed by atoms with van der Waals surface area (Å²) in [6.07, 6.45) is 0. The van der Waals surface area contributed by atoms with Crippen molar-refractivity contribution in [1.29, 1.82) is 0 Å². The van der Waals surface area contributed by atoms with Crippen LogP contribution in [0, 0.1) is 6.92 Å². The number of aromatic hydroxyl groups is 1. The van der Waals surface area contributed by atoms with Crippen LogP contribution >= 0.6 is 11.6 Å². The number of hydrogen-bond acceptors (Lipinski definition) is 2. The second-order valence-corrected chi connectivity index (χ2v) is 4.77. The largest absolute Gasteiger partial charge is 0.507 e. The molecule has 2 aromatic carbocycles. The molecule has 0 aliphatic rings. The number of hydrogen-bond donors (Lipinski definition) is 2. The fourth-order valence-electron chi connectivity index (χ4n) is 1.71. The van der Waals surface area contributed by atoms with Crippen molar-refractivity contribution in [1.82, 2.24) is 5.32 Å². The first-order valence-corrected chi connectivity index (χ1v) is 6.26. The Balaban J connectivity index is 2.05. The summed E-state index contributed by atoms with van der Waals surface area (Å²) in [5, 5.41) is 13.1. The van der Waals surface area contributed by atoms with E-state index >= 15 is 0 Å². The number of benzene rings is 2. The minimum Gasteiger partial charge on any atom is -0.507 e. The van der Waals surface area contributed by atoms with Crippen molar-refractivity contribution in [3.63, 3.8) is 0 Å². The Morgan fingerprint density at radius 1 is 1.21 bits per heavy atom. The third kappa shape index (κ3) is 3.48. The summed E-state index contributed by atoms with van der Waals surface area (Å²) < 4.78 is 0. The number of carbonyl (C=O) groups is 1. The highest BCUT2D eigenvalue weighted by Gasteiger charge is 2.10. The summed E-state index contributed by atoms with van der Waals surface area (Å²) in [6.45, 7) is 2.26. The summed E-state index contributed by atoms with van der Waals surface area (Å²) in [5.74, 6) is -0.310. The van der Waals surface area contributed by atoms with Crippen LogP contribution < -0.4 is 5.32 Å². The summed E-state index contributed by atoms with van der Waals surface area (Å²) in [6, 6.07) is 12.2. The highest BCUT2D eigenvalue weighted by Crippen LogP contribution is 2.18. The van der Waals surface area contributed by atoms with Crippen LogP contribution in [0.1, 0.15) is 21.5 Å². The average Bonchev–Trinajstić information content (AvgIpc) is 2.40. The van der Waals surface area contributed by atoms with Crippen LogP contribution in [0.3, 0.4) is 0 Å². The summed E-state index contributed by atoms with van der Waals surface area (Å²) in [7, 11) is 0. The zero-order valence-electron chi connectivity index (χ0n) is 10.5. The van der Waals surface area contributed by atoms with Gasteiger partial charge in [0.05, 0.1) is 5.56 Å². The van der Waals surface area contributed by atoms with Gasteiger partial charge in [-0.2, -0.15) is 0 Å². The molecule has 1 amide bonds. The monoisotopic (exact) mass is 275 g/mol. The van der Waals surface area contributed by atoms with Crippen molar-refractivity contribution in [2.24, 2.45) is 0 Å². The van der Waals surface area contributed by atoms with E-state index < -0.39 is 0 Å². The number of nitrogens with one attached hydrogen (secondary N) is 1. The quantitative estimate of drug-likeness (QED) is 0.903. The van der Waals surface area contributed by atoms with Gasteiger partial charge in [0, 0.05) is 11.6 Å². The number of amides is 1. The van der Waals surface area contributed by atoms with E-state index in [1.165, 1.54) is 6.07 Å². The van der Waals surface area contributed by atoms with Crippen molar-refractivity contribution in [3.05, 3.63) is 64.2 Å². The molecule has 2 aromatic rings. The smallest absolute Gasteiger partial charge is 0.255 e. The van der Waals surface area contributed by atoms with Crippen LogP contribution in [0.15, 0.2) is 42.5 Å². The first-order chi connectivity index (χ1) is 9.06. The molecule has 0 heterocycles. The summed E-state index contributed by atoms with van der Waals surface area (Å²) >= 11 is 5.79. The molecule has 98 valence electrons. The van der Waals surface area contributed by atoms with Crippen LogP contribution in [-0.4, -0.2) is 11.0 Å². The van der Waals surface area contributed by atoms with Crippen molar-refractivity contribution >= 4 is 17.5 Å². The van der Waals surface area contributed by atoms with Crippen LogP contribution in [-0.2, 0) is 6.54 Å². The molecule has 0 radical (unpaired) electrons. The number of phenolic OH excluding ortho intramolecular Hbond substituents is 1. The van der Waals surface area contributed by atoms with Crippen LogP contribution in [0.5, 0.6) is 5.75 Å². The van der Waals surface area contributed by atoms with Crippen molar-refractivity contribution in [3.8, 4) is 5.75 Å².